The molecule has 2 aromatic rings. The SMILES string of the molecule is CCn1ncnc1Cn1nc(C)c(C(C)N)c1C. The maximum absolute atomic E-state index is 5.97. The topological polar surface area (TPSA) is 74.5 Å². The van der Waals surface area contributed by atoms with Crippen molar-refractivity contribution in [3.63, 3.8) is 0 Å². The van der Waals surface area contributed by atoms with Gasteiger partial charge in [-0.3, -0.25) is 4.68 Å². The van der Waals surface area contributed by atoms with Crippen LogP contribution in [0.5, 0.6) is 0 Å². The molecule has 18 heavy (non-hydrogen) atoms. The minimum atomic E-state index is 0.00259. The van der Waals surface area contributed by atoms with E-state index in [4.69, 9.17) is 5.73 Å². The lowest BCUT2D eigenvalue weighted by Gasteiger charge is -2.08. The van der Waals surface area contributed by atoms with Gasteiger partial charge in [0.25, 0.3) is 0 Å². The lowest BCUT2D eigenvalue weighted by Crippen LogP contribution is -2.12. The predicted octanol–water partition coefficient (Wildman–Crippen LogP) is 1.18. The molecule has 1 atom stereocenters. The van der Waals surface area contributed by atoms with Gasteiger partial charge in [0.05, 0.1) is 5.69 Å². The van der Waals surface area contributed by atoms with Gasteiger partial charge in [-0.25, -0.2) is 9.67 Å². The van der Waals surface area contributed by atoms with E-state index in [-0.39, 0.29) is 6.04 Å². The van der Waals surface area contributed by atoms with E-state index in [1.165, 1.54) is 0 Å². The van der Waals surface area contributed by atoms with E-state index in [0.29, 0.717) is 6.54 Å². The fraction of sp³-hybridized carbons (Fsp3) is 0.583. The molecule has 0 saturated carbocycles. The highest BCUT2D eigenvalue weighted by atomic mass is 15.4. The zero-order valence-corrected chi connectivity index (χ0v) is 11.4. The molecule has 6 nitrogen and oxygen atoms in total. The summed E-state index contributed by atoms with van der Waals surface area (Å²) < 4.78 is 3.83. The smallest absolute Gasteiger partial charge is 0.148 e. The monoisotopic (exact) mass is 248 g/mol. The molecule has 2 N–H and O–H groups in total. The molecule has 6 heteroatoms. The van der Waals surface area contributed by atoms with Crippen LogP contribution in [-0.2, 0) is 13.1 Å². The van der Waals surface area contributed by atoms with Crippen LogP contribution >= 0.6 is 0 Å². The van der Waals surface area contributed by atoms with Crippen LogP contribution in [-0.4, -0.2) is 24.5 Å². The number of nitrogens with zero attached hydrogens (tertiary/aromatic N) is 5. The average molecular weight is 248 g/mol. The second kappa shape index (κ2) is 4.89. The Kier molecular flexibility index (Phi) is 3.47. The van der Waals surface area contributed by atoms with E-state index in [2.05, 4.69) is 15.2 Å². The molecule has 0 fully saturated rings. The van der Waals surface area contributed by atoms with Gasteiger partial charge in [0.2, 0.25) is 0 Å². The van der Waals surface area contributed by atoms with Gasteiger partial charge in [-0.05, 0) is 27.7 Å². The van der Waals surface area contributed by atoms with Crippen molar-refractivity contribution in [3.05, 3.63) is 29.1 Å². The normalized spacial score (nSPS) is 12.9. The highest BCUT2D eigenvalue weighted by Gasteiger charge is 2.16. The lowest BCUT2D eigenvalue weighted by molar-refractivity contribution is 0.558. The van der Waals surface area contributed by atoms with Gasteiger partial charge in [0.1, 0.15) is 18.7 Å². The summed E-state index contributed by atoms with van der Waals surface area (Å²) in [6.07, 6.45) is 1.58. The second-order valence-electron chi connectivity index (χ2n) is 4.52. The molecule has 2 rings (SSSR count). The highest BCUT2D eigenvalue weighted by Crippen LogP contribution is 2.19. The second-order valence-corrected chi connectivity index (χ2v) is 4.52. The molecule has 0 bridgehead atoms. The van der Waals surface area contributed by atoms with Crippen LogP contribution in [0.3, 0.4) is 0 Å². The summed E-state index contributed by atoms with van der Waals surface area (Å²) in [6, 6.07) is 0.00259. The van der Waals surface area contributed by atoms with E-state index in [9.17, 15) is 0 Å². The third-order valence-electron chi connectivity index (χ3n) is 3.18. The first-order chi connectivity index (χ1) is 8.54. The van der Waals surface area contributed by atoms with Crippen molar-refractivity contribution in [1.82, 2.24) is 24.5 Å². The van der Waals surface area contributed by atoms with Gasteiger partial charge in [-0.2, -0.15) is 10.2 Å². The molecule has 0 saturated heterocycles. The summed E-state index contributed by atoms with van der Waals surface area (Å²) >= 11 is 0. The Bertz CT molecular complexity index is 537. The zero-order chi connectivity index (χ0) is 13.3. The van der Waals surface area contributed by atoms with Crippen LogP contribution in [0.15, 0.2) is 6.33 Å². The van der Waals surface area contributed by atoms with Gasteiger partial charge < -0.3 is 5.73 Å². The molecule has 0 radical (unpaired) electrons. The Balaban J connectivity index is 2.33. The summed E-state index contributed by atoms with van der Waals surface area (Å²) in [5, 5.41) is 8.70. The third-order valence-corrected chi connectivity index (χ3v) is 3.18. The predicted molar refractivity (Wildman–Crippen MR) is 69.1 cm³/mol. The standard InChI is InChI=1S/C12H20N6/c1-5-17-11(14-7-15-17)6-18-10(4)12(8(2)13)9(3)16-18/h7-8H,5-6,13H2,1-4H3. The van der Waals surface area contributed by atoms with Gasteiger partial charge in [-0.1, -0.05) is 0 Å². The van der Waals surface area contributed by atoms with Crippen molar-refractivity contribution in [1.29, 1.82) is 0 Å². The average Bonchev–Trinajstić information content (AvgIpc) is 2.84. The molecule has 1 unspecified atom stereocenters. The van der Waals surface area contributed by atoms with Gasteiger partial charge in [0.15, 0.2) is 0 Å². The molecule has 0 aliphatic carbocycles. The summed E-state index contributed by atoms with van der Waals surface area (Å²) in [5.74, 6) is 0.916. The van der Waals surface area contributed by atoms with Crippen LogP contribution in [0.2, 0.25) is 0 Å². The van der Waals surface area contributed by atoms with Crippen molar-refractivity contribution in [3.8, 4) is 0 Å². The maximum atomic E-state index is 5.97. The Morgan fingerprint density at radius 3 is 2.61 bits per heavy atom. The maximum Gasteiger partial charge on any atom is 0.148 e. The van der Waals surface area contributed by atoms with Gasteiger partial charge in [-0.15, -0.1) is 0 Å². The van der Waals surface area contributed by atoms with E-state index in [1.54, 1.807) is 6.33 Å². The Morgan fingerprint density at radius 1 is 1.33 bits per heavy atom. The first-order valence-electron chi connectivity index (χ1n) is 6.20. The third kappa shape index (κ3) is 2.15. The fourth-order valence-electron chi connectivity index (χ4n) is 2.33. The molecular weight excluding hydrogens is 228 g/mol. The molecule has 2 heterocycles. The zero-order valence-electron chi connectivity index (χ0n) is 11.4. The van der Waals surface area contributed by atoms with Crippen LogP contribution < -0.4 is 5.73 Å². The Morgan fingerprint density at radius 2 is 2.06 bits per heavy atom. The highest BCUT2D eigenvalue weighted by molar-refractivity contribution is 5.27. The molecule has 2 aromatic heterocycles. The number of aryl methyl sites for hydroxylation is 2. The van der Waals surface area contributed by atoms with E-state index in [1.807, 2.05) is 37.1 Å². The summed E-state index contributed by atoms with van der Waals surface area (Å²) in [6.45, 7) is 9.52. The van der Waals surface area contributed by atoms with Crippen molar-refractivity contribution >= 4 is 0 Å². The number of hydrogen-bond acceptors (Lipinski definition) is 4. The molecule has 0 aliphatic heterocycles. The molecule has 0 aromatic carbocycles. The fourth-order valence-corrected chi connectivity index (χ4v) is 2.33. The lowest BCUT2D eigenvalue weighted by atomic mass is 10.1. The van der Waals surface area contributed by atoms with E-state index in [0.717, 1.165) is 29.3 Å². The van der Waals surface area contributed by atoms with Gasteiger partial charge in [0, 0.05) is 23.8 Å². The van der Waals surface area contributed by atoms with Crippen LogP contribution in [0.4, 0.5) is 0 Å². The molecule has 0 amide bonds. The first-order valence-corrected chi connectivity index (χ1v) is 6.20. The quantitative estimate of drug-likeness (QED) is 0.881. The minimum Gasteiger partial charge on any atom is -0.324 e. The summed E-state index contributed by atoms with van der Waals surface area (Å²) in [7, 11) is 0. The van der Waals surface area contributed by atoms with Crippen LogP contribution in [0.25, 0.3) is 0 Å². The number of rotatable bonds is 4. The summed E-state index contributed by atoms with van der Waals surface area (Å²) in [4.78, 5) is 4.27. The molecule has 98 valence electrons. The number of nitrogens with two attached hydrogens (primary N) is 1. The molecular formula is C12H20N6. The van der Waals surface area contributed by atoms with Crippen molar-refractivity contribution in [2.45, 2.75) is 46.8 Å². The van der Waals surface area contributed by atoms with E-state index >= 15 is 0 Å². The molecule has 0 aliphatic rings. The largest absolute Gasteiger partial charge is 0.324 e. The number of hydrogen-bond donors (Lipinski definition) is 1. The number of aromatic nitrogens is 5. The summed E-state index contributed by atoms with van der Waals surface area (Å²) in [5.41, 5.74) is 9.19. The van der Waals surface area contributed by atoms with Crippen molar-refractivity contribution < 1.29 is 0 Å². The Hall–Kier alpha value is -1.69. The van der Waals surface area contributed by atoms with Crippen LogP contribution in [0.1, 0.15) is 42.7 Å². The van der Waals surface area contributed by atoms with Crippen molar-refractivity contribution in [2.24, 2.45) is 5.73 Å². The first kappa shape index (κ1) is 12.8. The van der Waals surface area contributed by atoms with E-state index < -0.39 is 0 Å². The minimum absolute atomic E-state index is 0.00259. The molecule has 0 spiro atoms. The Labute approximate surface area is 107 Å². The van der Waals surface area contributed by atoms with Gasteiger partial charge >= 0.3 is 0 Å². The van der Waals surface area contributed by atoms with Crippen LogP contribution in [0, 0.1) is 13.8 Å². The van der Waals surface area contributed by atoms with Crippen molar-refractivity contribution in [2.75, 3.05) is 0 Å².